The third kappa shape index (κ3) is 3.98. The molecule has 0 bridgehead atoms. The van der Waals surface area contributed by atoms with Gasteiger partial charge >= 0.3 is 0 Å². The number of hydrogen-bond acceptors (Lipinski definition) is 2. The first kappa shape index (κ1) is 17.0. The van der Waals surface area contributed by atoms with Crippen molar-refractivity contribution in [2.75, 3.05) is 5.32 Å². The summed E-state index contributed by atoms with van der Waals surface area (Å²) in [5, 5.41) is 8.11. The lowest BCUT2D eigenvalue weighted by Crippen LogP contribution is -2.41. The first-order chi connectivity index (χ1) is 12.0. The van der Waals surface area contributed by atoms with Gasteiger partial charge in [0.1, 0.15) is 6.04 Å². The summed E-state index contributed by atoms with van der Waals surface area (Å²) in [6.07, 6.45) is 0. The first-order valence-corrected chi connectivity index (χ1v) is 8.27. The molecule has 126 valence electrons. The molecule has 4 nitrogen and oxygen atoms in total. The van der Waals surface area contributed by atoms with Crippen LogP contribution < -0.4 is 10.6 Å². The van der Waals surface area contributed by atoms with E-state index >= 15 is 0 Å². The van der Waals surface area contributed by atoms with Gasteiger partial charge in [0.2, 0.25) is 5.91 Å². The summed E-state index contributed by atoms with van der Waals surface area (Å²) < 4.78 is 0. The number of carbonyl (C=O) groups is 2. The smallest absolute Gasteiger partial charge is 0.251 e. The summed E-state index contributed by atoms with van der Waals surface area (Å²) >= 11 is 5.81. The van der Waals surface area contributed by atoms with Gasteiger partial charge in [-0.25, -0.2) is 0 Å². The SMILES string of the molecule is CC(NC(=O)c1ccc(Cl)cc1)C(=O)Nc1cccc2ccccc12. The molecule has 1 atom stereocenters. The number of fused-ring (bicyclic) bond motifs is 1. The van der Waals surface area contributed by atoms with Crippen LogP contribution in [0.4, 0.5) is 5.69 Å². The summed E-state index contributed by atoms with van der Waals surface area (Å²) in [6.45, 7) is 1.65. The van der Waals surface area contributed by atoms with E-state index in [1.807, 2.05) is 42.5 Å². The monoisotopic (exact) mass is 352 g/mol. The predicted molar refractivity (Wildman–Crippen MR) is 101 cm³/mol. The lowest BCUT2D eigenvalue weighted by molar-refractivity contribution is -0.117. The molecule has 0 saturated carbocycles. The van der Waals surface area contributed by atoms with Crippen molar-refractivity contribution in [3.8, 4) is 0 Å². The fraction of sp³-hybridized carbons (Fsp3) is 0.100. The van der Waals surface area contributed by atoms with Crippen LogP contribution in [0.25, 0.3) is 10.8 Å². The molecule has 0 heterocycles. The minimum atomic E-state index is -0.679. The molecule has 0 spiro atoms. The van der Waals surface area contributed by atoms with Crippen molar-refractivity contribution in [3.05, 3.63) is 77.3 Å². The van der Waals surface area contributed by atoms with Crippen molar-refractivity contribution < 1.29 is 9.59 Å². The molecule has 0 radical (unpaired) electrons. The Balaban J connectivity index is 1.70. The quantitative estimate of drug-likeness (QED) is 0.737. The largest absolute Gasteiger partial charge is 0.341 e. The number of carbonyl (C=O) groups excluding carboxylic acids is 2. The number of hydrogen-bond donors (Lipinski definition) is 2. The predicted octanol–water partition coefficient (Wildman–Crippen LogP) is 4.25. The van der Waals surface area contributed by atoms with E-state index < -0.39 is 6.04 Å². The molecule has 3 aromatic carbocycles. The normalized spacial score (nSPS) is 11.8. The highest BCUT2D eigenvalue weighted by molar-refractivity contribution is 6.30. The number of halogens is 1. The Hall–Kier alpha value is -2.85. The molecule has 3 aromatic rings. The second kappa shape index (κ2) is 7.36. The summed E-state index contributed by atoms with van der Waals surface area (Å²) in [7, 11) is 0. The van der Waals surface area contributed by atoms with Crippen LogP contribution in [0.15, 0.2) is 66.7 Å². The minimum absolute atomic E-state index is 0.279. The Morgan fingerprint density at radius 3 is 2.36 bits per heavy atom. The van der Waals surface area contributed by atoms with Crippen LogP contribution in [0.2, 0.25) is 5.02 Å². The average Bonchev–Trinajstić information content (AvgIpc) is 2.62. The topological polar surface area (TPSA) is 58.2 Å². The van der Waals surface area contributed by atoms with Crippen LogP contribution in [0.1, 0.15) is 17.3 Å². The Morgan fingerprint density at radius 2 is 1.60 bits per heavy atom. The lowest BCUT2D eigenvalue weighted by Gasteiger charge is -2.15. The van der Waals surface area contributed by atoms with Crippen LogP contribution in [-0.2, 0) is 4.79 Å². The fourth-order valence-corrected chi connectivity index (χ4v) is 2.65. The third-order valence-electron chi connectivity index (χ3n) is 3.89. The second-order valence-corrected chi connectivity index (χ2v) is 6.15. The summed E-state index contributed by atoms with van der Waals surface area (Å²) in [4.78, 5) is 24.6. The van der Waals surface area contributed by atoms with Gasteiger partial charge in [0, 0.05) is 21.7 Å². The lowest BCUT2D eigenvalue weighted by atomic mass is 10.1. The zero-order valence-corrected chi connectivity index (χ0v) is 14.4. The number of amides is 2. The molecule has 2 N–H and O–H groups in total. The molecule has 0 aliphatic carbocycles. The standard InChI is InChI=1S/C20H17ClN2O2/c1-13(22-20(25)15-9-11-16(21)12-10-15)19(24)23-18-8-4-6-14-5-2-3-7-17(14)18/h2-13H,1H3,(H,22,25)(H,23,24). The van der Waals surface area contributed by atoms with Gasteiger partial charge in [-0.1, -0.05) is 48.0 Å². The highest BCUT2D eigenvalue weighted by atomic mass is 35.5. The van der Waals surface area contributed by atoms with Crippen LogP contribution in [0.3, 0.4) is 0 Å². The molecule has 3 rings (SSSR count). The maximum Gasteiger partial charge on any atom is 0.251 e. The van der Waals surface area contributed by atoms with Gasteiger partial charge in [-0.2, -0.15) is 0 Å². The van der Waals surface area contributed by atoms with Crippen molar-refractivity contribution >= 4 is 39.9 Å². The van der Waals surface area contributed by atoms with Gasteiger partial charge in [-0.15, -0.1) is 0 Å². The first-order valence-electron chi connectivity index (χ1n) is 7.89. The molecule has 0 aliphatic heterocycles. The summed E-state index contributed by atoms with van der Waals surface area (Å²) in [5.74, 6) is -0.601. The maximum absolute atomic E-state index is 12.4. The van der Waals surface area contributed by atoms with Gasteiger partial charge < -0.3 is 10.6 Å². The Labute approximate surface area is 150 Å². The molecule has 5 heteroatoms. The van der Waals surface area contributed by atoms with Crippen molar-refractivity contribution in [2.24, 2.45) is 0 Å². The van der Waals surface area contributed by atoms with E-state index in [2.05, 4.69) is 10.6 Å². The third-order valence-corrected chi connectivity index (χ3v) is 4.15. The number of rotatable bonds is 4. The molecule has 0 fully saturated rings. The highest BCUT2D eigenvalue weighted by Gasteiger charge is 2.17. The van der Waals surface area contributed by atoms with Gasteiger partial charge in [0.25, 0.3) is 5.91 Å². The van der Waals surface area contributed by atoms with E-state index in [4.69, 9.17) is 11.6 Å². The van der Waals surface area contributed by atoms with Gasteiger partial charge in [-0.05, 0) is 42.6 Å². The van der Waals surface area contributed by atoms with Crippen molar-refractivity contribution in [1.82, 2.24) is 5.32 Å². The average molecular weight is 353 g/mol. The van der Waals surface area contributed by atoms with E-state index in [9.17, 15) is 9.59 Å². The molecular weight excluding hydrogens is 336 g/mol. The van der Waals surface area contributed by atoms with Gasteiger partial charge in [-0.3, -0.25) is 9.59 Å². The molecule has 0 aliphatic rings. The van der Waals surface area contributed by atoms with Crippen LogP contribution in [0, 0.1) is 0 Å². The maximum atomic E-state index is 12.4. The molecule has 2 amide bonds. The van der Waals surface area contributed by atoms with Crippen LogP contribution in [0.5, 0.6) is 0 Å². The minimum Gasteiger partial charge on any atom is -0.341 e. The van der Waals surface area contributed by atoms with Crippen molar-refractivity contribution in [2.45, 2.75) is 13.0 Å². The van der Waals surface area contributed by atoms with Gasteiger partial charge in [0.05, 0.1) is 0 Å². The van der Waals surface area contributed by atoms with E-state index in [0.717, 1.165) is 16.5 Å². The number of benzene rings is 3. The number of anilines is 1. The molecular formula is C20H17ClN2O2. The van der Waals surface area contributed by atoms with E-state index in [0.29, 0.717) is 10.6 Å². The zero-order chi connectivity index (χ0) is 17.8. The van der Waals surface area contributed by atoms with E-state index in [1.165, 1.54) is 0 Å². The summed E-state index contributed by atoms with van der Waals surface area (Å²) in [5.41, 5.74) is 1.17. The Kier molecular flexibility index (Phi) is 5.00. The van der Waals surface area contributed by atoms with Gasteiger partial charge in [0.15, 0.2) is 0 Å². The van der Waals surface area contributed by atoms with E-state index in [-0.39, 0.29) is 11.8 Å². The Morgan fingerprint density at radius 1 is 0.920 bits per heavy atom. The molecule has 1 unspecified atom stereocenters. The molecule has 25 heavy (non-hydrogen) atoms. The Bertz CT molecular complexity index is 917. The second-order valence-electron chi connectivity index (χ2n) is 5.72. The highest BCUT2D eigenvalue weighted by Crippen LogP contribution is 2.23. The zero-order valence-electron chi connectivity index (χ0n) is 13.6. The van der Waals surface area contributed by atoms with Crippen LogP contribution >= 0.6 is 11.6 Å². The molecule has 0 saturated heterocycles. The summed E-state index contributed by atoms with van der Waals surface area (Å²) in [6, 6.07) is 19.3. The van der Waals surface area contributed by atoms with Crippen molar-refractivity contribution in [3.63, 3.8) is 0 Å². The fourth-order valence-electron chi connectivity index (χ4n) is 2.52. The van der Waals surface area contributed by atoms with Crippen molar-refractivity contribution in [1.29, 1.82) is 0 Å². The van der Waals surface area contributed by atoms with E-state index in [1.54, 1.807) is 31.2 Å². The number of nitrogens with one attached hydrogen (secondary N) is 2. The van der Waals surface area contributed by atoms with Crippen LogP contribution in [-0.4, -0.2) is 17.9 Å². The molecule has 0 aromatic heterocycles.